The number of rotatable bonds is 9. The second-order valence-electron chi connectivity index (χ2n) is 3.97. The summed E-state index contributed by atoms with van der Waals surface area (Å²) in [6.45, 7) is 3.65. The Hall–Kier alpha value is -0.780. The van der Waals surface area contributed by atoms with Crippen LogP contribution in [0.4, 0.5) is 13.2 Å². The molecule has 3 nitrogen and oxygen atoms in total. The summed E-state index contributed by atoms with van der Waals surface area (Å²) in [5, 5.41) is 0. The summed E-state index contributed by atoms with van der Waals surface area (Å²) >= 11 is 0. The molecule has 0 radical (unpaired) electrons. The Bertz CT molecular complexity index is 229. The Kier molecular flexibility index (Phi) is 8.79. The van der Waals surface area contributed by atoms with E-state index >= 15 is 0 Å². The topological polar surface area (TPSA) is 35.5 Å². The van der Waals surface area contributed by atoms with E-state index in [9.17, 15) is 18.0 Å². The summed E-state index contributed by atoms with van der Waals surface area (Å²) in [6, 6.07) is 0. The van der Waals surface area contributed by atoms with E-state index in [0.717, 1.165) is 19.3 Å². The van der Waals surface area contributed by atoms with Gasteiger partial charge in [0.05, 0.1) is 13.0 Å². The molecule has 0 saturated carbocycles. The van der Waals surface area contributed by atoms with Gasteiger partial charge in [0, 0.05) is 6.61 Å². The van der Waals surface area contributed by atoms with Crippen molar-refractivity contribution in [3.05, 3.63) is 0 Å². The molecule has 6 heteroatoms. The Morgan fingerprint density at radius 3 is 2.33 bits per heavy atom. The average Bonchev–Trinajstić information content (AvgIpc) is 2.26. The maximum atomic E-state index is 12.6. The minimum atomic E-state index is -4.53. The third kappa shape index (κ3) is 8.33. The van der Waals surface area contributed by atoms with Gasteiger partial charge in [-0.15, -0.1) is 0 Å². The van der Waals surface area contributed by atoms with E-state index in [-0.39, 0.29) is 13.2 Å². The zero-order valence-electron chi connectivity index (χ0n) is 10.9. The summed E-state index contributed by atoms with van der Waals surface area (Å²) in [5.74, 6) is -0.881. The molecule has 0 aromatic rings. The van der Waals surface area contributed by atoms with Crippen molar-refractivity contribution in [3.8, 4) is 0 Å². The molecule has 0 aromatic heterocycles. The summed E-state index contributed by atoms with van der Waals surface area (Å²) in [5.41, 5.74) is 0. The lowest BCUT2D eigenvalue weighted by Crippen LogP contribution is -2.34. The molecule has 108 valence electrons. The Balaban J connectivity index is 4.05. The summed E-state index contributed by atoms with van der Waals surface area (Å²) in [6.07, 6.45) is -3.98. The predicted octanol–water partition coefficient (Wildman–Crippen LogP) is 3.47. The molecule has 0 fully saturated rings. The number of hydrogen-bond donors (Lipinski definition) is 0. The minimum absolute atomic E-state index is 0.0174. The molecule has 0 heterocycles. The van der Waals surface area contributed by atoms with E-state index in [0.29, 0.717) is 6.42 Å². The third-order valence-corrected chi connectivity index (χ3v) is 2.34. The summed E-state index contributed by atoms with van der Waals surface area (Å²) < 4.78 is 46.9. The lowest BCUT2D eigenvalue weighted by Gasteiger charge is -2.20. The molecule has 1 unspecified atom stereocenters. The Labute approximate surface area is 106 Å². The van der Waals surface area contributed by atoms with Gasteiger partial charge >= 0.3 is 12.1 Å². The SMILES string of the molecule is CCCCCCOC(CC(=O)OCC)C(F)(F)F. The van der Waals surface area contributed by atoms with Crippen molar-refractivity contribution < 1.29 is 27.4 Å². The van der Waals surface area contributed by atoms with Crippen LogP contribution in [0.15, 0.2) is 0 Å². The average molecular weight is 270 g/mol. The molecule has 0 aliphatic rings. The van der Waals surface area contributed by atoms with Gasteiger partial charge in [0.1, 0.15) is 0 Å². The van der Waals surface area contributed by atoms with Crippen LogP contribution in [0.3, 0.4) is 0 Å². The number of unbranched alkanes of at least 4 members (excludes halogenated alkanes) is 3. The van der Waals surface area contributed by atoms with Gasteiger partial charge in [-0.05, 0) is 13.3 Å². The first kappa shape index (κ1) is 17.2. The number of alkyl halides is 3. The van der Waals surface area contributed by atoms with Gasteiger partial charge in [-0.25, -0.2) is 0 Å². The van der Waals surface area contributed by atoms with Crippen molar-refractivity contribution in [2.45, 2.75) is 58.2 Å². The summed E-state index contributed by atoms with van der Waals surface area (Å²) in [4.78, 5) is 11.0. The lowest BCUT2D eigenvalue weighted by atomic mass is 10.2. The van der Waals surface area contributed by atoms with E-state index in [2.05, 4.69) is 4.74 Å². The number of halogens is 3. The quantitative estimate of drug-likeness (QED) is 0.475. The first-order chi connectivity index (χ1) is 8.41. The highest BCUT2D eigenvalue weighted by Crippen LogP contribution is 2.26. The molecular weight excluding hydrogens is 249 g/mol. The number of carbonyl (C=O) groups excluding carboxylic acids is 1. The zero-order valence-corrected chi connectivity index (χ0v) is 10.9. The number of ether oxygens (including phenoxy) is 2. The number of carbonyl (C=O) groups is 1. The van der Waals surface area contributed by atoms with Crippen molar-refractivity contribution in [1.82, 2.24) is 0 Å². The molecule has 0 saturated heterocycles. The zero-order chi connectivity index (χ0) is 14.0. The molecule has 0 N–H and O–H groups in total. The highest BCUT2D eigenvalue weighted by atomic mass is 19.4. The Morgan fingerprint density at radius 2 is 1.83 bits per heavy atom. The molecule has 0 bridgehead atoms. The van der Waals surface area contributed by atoms with Crippen LogP contribution >= 0.6 is 0 Å². The van der Waals surface area contributed by atoms with Crippen LogP contribution in [0.2, 0.25) is 0 Å². The molecule has 0 aliphatic carbocycles. The molecule has 1 atom stereocenters. The lowest BCUT2D eigenvalue weighted by molar-refractivity contribution is -0.225. The minimum Gasteiger partial charge on any atom is -0.466 e. The van der Waals surface area contributed by atoms with Crippen LogP contribution in [0.5, 0.6) is 0 Å². The van der Waals surface area contributed by atoms with Crippen molar-refractivity contribution >= 4 is 5.97 Å². The maximum Gasteiger partial charge on any atom is 0.415 e. The fourth-order valence-corrected chi connectivity index (χ4v) is 1.39. The first-order valence-corrected chi connectivity index (χ1v) is 6.25. The summed E-state index contributed by atoms with van der Waals surface area (Å²) in [7, 11) is 0. The van der Waals surface area contributed by atoms with Crippen LogP contribution in [-0.4, -0.2) is 31.5 Å². The van der Waals surface area contributed by atoms with E-state index in [4.69, 9.17) is 4.74 Å². The van der Waals surface area contributed by atoms with Gasteiger partial charge in [0.25, 0.3) is 0 Å². The number of esters is 1. The second kappa shape index (κ2) is 9.19. The van der Waals surface area contributed by atoms with Gasteiger partial charge in [-0.3, -0.25) is 4.79 Å². The molecule has 0 aromatic carbocycles. The van der Waals surface area contributed by atoms with Crippen molar-refractivity contribution in [1.29, 1.82) is 0 Å². The highest BCUT2D eigenvalue weighted by Gasteiger charge is 2.42. The van der Waals surface area contributed by atoms with Crippen molar-refractivity contribution in [2.75, 3.05) is 13.2 Å². The highest BCUT2D eigenvalue weighted by molar-refractivity contribution is 5.70. The van der Waals surface area contributed by atoms with Crippen molar-refractivity contribution in [3.63, 3.8) is 0 Å². The monoisotopic (exact) mass is 270 g/mol. The number of hydrogen-bond acceptors (Lipinski definition) is 3. The Morgan fingerprint density at radius 1 is 1.17 bits per heavy atom. The normalized spacial score (nSPS) is 13.4. The fraction of sp³-hybridized carbons (Fsp3) is 0.917. The molecule has 18 heavy (non-hydrogen) atoms. The third-order valence-electron chi connectivity index (χ3n) is 2.34. The van der Waals surface area contributed by atoms with E-state index in [1.807, 2.05) is 6.92 Å². The molecule has 0 amide bonds. The van der Waals surface area contributed by atoms with Crippen LogP contribution in [-0.2, 0) is 14.3 Å². The molecule has 0 spiro atoms. The van der Waals surface area contributed by atoms with Crippen LogP contribution in [0.25, 0.3) is 0 Å². The van der Waals surface area contributed by atoms with Gasteiger partial charge in [0.2, 0.25) is 0 Å². The molecule has 0 aliphatic heterocycles. The van der Waals surface area contributed by atoms with Crippen molar-refractivity contribution in [2.24, 2.45) is 0 Å². The van der Waals surface area contributed by atoms with Gasteiger partial charge < -0.3 is 9.47 Å². The standard InChI is InChI=1S/C12H21F3O3/c1-3-5-6-7-8-18-10(12(13,14)15)9-11(16)17-4-2/h10H,3-9H2,1-2H3. The van der Waals surface area contributed by atoms with Crippen LogP contribution in [0.1, 0.15) is 46.0 Å². The predicted molar refractivity (Wildman–Crippen MR) is 61.2 cm³/mol. The molecule has 0 rings (SSSR count). The van der Waals surface area contributed by atoms with E-state index in [1.165, 1.54) is 0 Å². The second-order valence-corrected chi connectivity index (χ2v) is 3.97. The van der Waals surface area contributed by atoms with E-state index in [1.54, 1.807) is 6.92 Å². The van der Waals surface area contributed by atoms with Crippen LogP contribution < -0.4 is 0 Å². The molecular formula is C12H21F3O3. The van der Waals surface area contributed by atoms with Gasteiger partial charge in [0.15, 0.2) is 6.10 Å². The maximum absolute atomic E-state index is 12.6. The van der Waals surface area contributed by atoms with Crippen LogP contribution in [0, 0.1) is 0 Å². The van der Waals surface area contributed by atoms with Gasteiger partial charge in [-0.1, -0.05) is 26.2 Å². The first-order valence-electron chi connectivity index (χ1n) is 6.25. The largest absolute Gasteiger partial charge is 0.466 e. The fourth-order valence-electron chi connectivity index (χ4n) is 1.39. The van der Waals surface area contributed by atoms with Gasteiger partial charge in [-0.2, -0.15) is 13.2 Å². The van der Waals surface area contributed by atoms with E-state index < -0.39 is 24.7 Å². The smallest absolute Gasteiger partial charge is 0.415 e.